The van der Waals surface area contributed by atoms with Crippen LogP contribution in [0, 0.1) is 13.8 Å². The van der Waals surface area contributed by atoms with Crippen LogP contribution in [0.2, 0.25) is 0 Å². The molecule has 0 spiro atoms. The average molecular weight is 268 g/mol. The Labute approximate surface area is 117 Å². The van der Waals surface area contributed by atoms with Gasteiger partial charge in [-0.05, 0) is 26.0 Å². The molecule has 0 radical (unpaired) electrons. The number of ether oxygens (including phenoxy) is 1. The number of nitrogens with one attached hydrogen (secondary N) is 1. The van der Waals surface area contributed by atoms with Gasteiger partial charge in [-0.1, -0.05) is 12.1 Å². The van der Waals surface area contributed by atoms with E-state index in [9.17, 15) is 0 Å². The van der Waals surface area contributed by atoms with Crippen molar-refractivity contribution in [1.82, 2.24) is 9.97 Å². The SMILES string of the molecule is Cc1cc(N/N=C2/CCOc3ccccc32)nc(C)n1. The smallest absolute Gasteiger partial charge is 0.150 e. The number of aromatic nitrogens is 2. The van der Waals surface area contributed by atoms with Gasteiger partial charge in [-0.25, -0.2) is 9.97 Å². The minimum Gasteiger partial charge on any atom is -0.492 e. The Morgan fingerprint density at radius 2 is 2.05 bits per heavy atom. The van der Waals surface area contributed by atoms with Gasteiger partial charge >= 0.3 is 0 Å². The molecule has 1 aromatic carbocycles. The van der Waals surface area contributed by atoms with E-state index in [1.807, 2.05) is 44.2 Å². The number of fused-ring (bicyclic) bond motifs is 1. The van der Waals surface area contributed by atoms with Crippen molar-refractivity contribution in [3.05, 3.63) is 47.4 Å². The number of hydrogen-bond donors (Lipinski definition) is 1. The molecule has 1 aromatic heterocycles. The number of hydrogen-bond acceptors (Lipinski definition) is 5. The Hall–Kier alpha value is -2.43. The van der Waals surface area contributed by atoms with Crippen molar-refractivity contribution in [2.75, 3.05) is 12.0 Å². The van der Waals surface area contributed by atoms with Crippen molar-refractivity contribution in [2.45, 2.75) is 20.3 Å². The quantitative estimate of drug-likeness (QED) is 0.851. The van der Waals surface area contributed by atoms with Crippen LogP contribution in [0.3, 0.4) is 0 Å². The molecule has 0 bridgehead atoms. The summed E-state index contributed by atoms with van der Waals surface area (Å²) in [5, 5.41) is 4.47. The molecular weight excluding hydrogens is 252 g/mol. The van der Waals surface area contributed by atoms with E-state index >= 15 is 0 Å². The highest BCUT2D eigenvalue weighted by Crippen LogP contribution is 2.24. The third kappa shape index (κ3) is 2.61. The maximum Gasteiger partial charge on any atom is 0.150 e. The summed E-state index contributed by atoms with van der Waals surface area (Å²) >= 11 is 0. The second-order valence-electron chi connectivity index (χ2n) is 4.71. The fourth-order valence-corrected chi connectivity index (χ4v) is 2.24. The largest absolute Gasteiger partial charge is 0.492 e. The van der Waals surface area contributed by atoms with Gasteiger partial charge in [0, 0.05) is 23.7 Å². The number of rotatable bonds is 2. The average Bonchev–Trinajstić information content (AvgIpc) is 2.44. The first-order chi connectivity index (χ1) is 9.72. The zero-order valence-corrected chi connectivity index (χ0v) is 11.6. The van der Waals surface area contributed by atoms with Crippen LogP contribution in [0.1, 0.15) is 23.5 Å². The standard InChI is InChI=1S/C15H16N4O/c1-10-9-15(17-11(2)16-10)19-18-13-7-8-20-14-6-4-3-5-12(13)14/h3-6,9H,7-8H2,1-2H3,(H,16,17,19)/b18-13-. The second-order valence-corrected chi connectivity index (χ2v) is 4.71. The highest BCUT2D eigenvalue weighted by molar-refractivity contribution is 6.04. The molecule has 102 valence electrons. The van der Waals surface area contributed by atoms with E-state index in [1.54, 1.807) is 0 Å². The third-order valence-corrected chi connectivity index (χ3v) is 3.07. The minimum absolute atomic E-state index is 0.652. The fraction of sp³-hybridized carbons (Fsp3) is 0.267. The summed E-state index contributed by atoms with van der Waals surface area (Å²) in [6.45, 7) is 4.46. The Morgan fingerprint density at radius 1 is 1.20 bits per heavy atom. The third-order valence-electron chi connectivity index (χ3n) is 3.07. The molecule has 0 aliphatic carbocycles. The lowest BCUT2D eigenvalue weighted by atomic mass is 10.0. The molecular formula is C15H16N4O. The van der Waals surface area contributed by atoms with Crippen molar-refractivity contribution < 1.29 is 4.74 Å². The topological polar surface area (TPSA) is 59.4 Å². The predicted molar refractivity (Wildman–Crippen MR) is 78.2 cm³/mol. The molecule has 0 saturated heterocycles. The maximum atomic E-state index is 5.61. The van der Waals surface area contributed by atoms with Crippen LogP contribution in [-0.2, 0) is 0 Å². The van der Waals surface area contributed by atoms with E-state index in [1.165, 1.54) is 0 Å². The van der Waals surface area contributed by atoms with E-state index in [0.717, 1.165) is 35.0 Å². The Bertz CT molecular complexity index is 646. The number of hydrazone groups is 1. The number of para-hydroxylation sites is 1. The summed E-state index contributed by atoms with van der Waals surface area (Å²) in [4.78, 5) is 8.56. The molecule has 0 amide bonds. The molecule has 1 N–H and O–H groups in total. The Balaban J connectivity index is 1.87. The molecule has 5 nitrogen and oxygen atoms in total. The molecule has 2 aromatic rings. The molecule has 1 aliphatic heterocycles. The van der Waals surface area contributed by atoms with Gasteiger partial charge in [0.15, 0.2) is 0 Å². The lowest BCUT2D eigenvalue weighted by molar-refractivity contribution is 0.320. The van der Waals surface area contributed by atoms with Gasteiger partial charge in [0.1, 0.15) is 17.4 Å². The van der Waals surface area contributed by atoms with Gasteiger partial charge in [-0.3, -0.25) is 5.43 Å². The van der Waals surface area contributed by atoms with Crippen LogP contribution in [0.25, 0.3) is 0 Å². The van der Waals surface area contributed by atoms with E-state index in [4.69, 9.17) is 4.74 Å². The molecule has 2 heterocycles. The Morgan fingerprint density at radius 3 is 2.90 bits per heavy atom. The zero-order chi connectivity index (χ0) is 13.9. The number of nitrogens with zero attached hydrogens (tertiary/aromatic N) is 3. The van der Waals surface area contributed by atoms with Gasteiger partial charge in [0.2, 0.25) is 0 Å². The predicted octanol–water partition coefficient (Wildman–Crippen LogP) is 2.69. The van der Waals surface area contributed by atoms with Crippen molar-refractivity contribution in [1.29, 1.82) is 0 Å². The van der Waals surface area contributed by atoms with E-state index in [-0.39, 0.29) is 0 Å². The lowest BCUT2D eigenvalue weighted by Gasteiger charge is -2.18. The van der Waals surface area contributed by atoms with E-state index in [0.29, 0.717) is 12.4 Å². The molecule has 0 fully saturated rings. The minimum atomic E-state index is 0.652. The highest BCUT2D eigenvalue weighted by atomic mass is 16.5. The summed E-state index contributed by atoms with van der Waals surface area (Å²) in [7, 11) is 0. The molecule has 1 aliphatic rings. The van der Waals surface area contributed by atoms with Crippen LogP contribution in [0.5, 0.6) is 5.75 Å². The van der Waals surface area contributed by atoms with Gasteiger partial charge in [-0.2, -0.15) is 5.10 Å². The normalized spacial score (nSPS) is 15.6. The molecule has 0 saturated carbocycles. The van der Waals surface area contributed by atoms with Crippen LogP contribution < -0.4 is 10.2 Å². The molecule has 3 rings (SSSR count). The molecule has 0 atom stereocenters. The van der Waals surface area contributed by atoms with Crippen molar-refractivity contribution in [2.24, 2.45) is 5.10 Å². The first kappa shape index (κ1) is 12.6. The van der Waals surface area contributed by atoms with Gasteiger partial charge < -0.3 is 4.74 Å². The van der Waals surface area contributed by atoms with Crippen molar-refractivity contribution in [3.63, 3.8) is 0 Å². The molecule has 20 heavy (non-hydrogen) atoms. The van der Waals surface area contributed by atoms with Gasteiger partial charge in [0.25, 0.3) is 0 Å². The zero-order valence-electron chi connectivity index (χ0n) is 11.6. The Kier molecular flexibility index (Phi) is 3.33. The summed E-state index contributed by atoms with van der Waals surface area (Å²) < 4.78 is 5.61. The lowest BCUT2D eigenvalue weighted by Crippen LogP contribution is -2.17. The fourth-order valence-electron chi connectivity index (χ4n) is 2.24. The van der Waals surface area contributed by atoms with Gasteiger partial charge in [0.05, 0.1) is 12.3 Å². The molecule has 5 heteroatoms. The number of benzene rings is 1. The summed E-state index contributed by atoms with van der Waals surface area (Å²) in [5.41, 5.74) is 5.96. The highest BCUT2D eigenvalue weighted by Gasteiger charge is 2.15. The molecule has 0 unspecified atom stereocenters. The number of aryl methyl sites for hydroxylation is 2. The van der Waals surface area contributed by atoms with Crippen LogP contribution in [0.15, 0.2) is 35.4 Å². The van der Waals surface area contributed by atoms with E-state index in [2.05, 4.69) is 20.5 Å². The number of anilines is 1. The maximum absolute atomic E-state index is 5.61. The van der Waals surface area contributed by atoms with Crippen LogP contribution in [-0.4, -0.2) is 22.3 Å². The van der Waals surface area contributed by atoms with Crippen LogP contribution >= 0.6 is 0 Å². The van der Waals surface area contributed by atoms with Crippen LogP contribution in [0.4, 0.5) is 5.82 Å². The van der Waals surface area contributed by atoms with Crippen molar-refractivity contribution in [3.8, 4) is 5.75 Å². The van der Waals surface area contributed by atoms with Crippen molar-refractivity contribution >= 4 is 11.5 Å². The van der Waals surface area contributed by atoms with E-state index < -0.39 is 0 Å². The summed E-state index contributed by atoms with van der Waals surface area (Å²) in [6, 6.07) is 9.81. The first-order valence-electron chi connectivity index (χ1n) is 6.59. The first-order valence-corrected chi connectivity index (χ1v) is 6.59. The monoisotopic (exact) mass is 268 g/mol. The summed E-state index contributed by atoms with van der Waals surface area (Å²) in [6.07, 6.45) is 0.785. The summed E-state index contributed by atoms with van der Waals surface area (Å²) in [5.74, 6) is 2.33. The van der Waals surface area contributed by atoms with Gasteiger partial charge in [-0.15, -0.1) is 0 Å². The second kappa shape index (κ2) is 5.28.